The Bertz CT molecular complexity index is 1180. The van der Waals surface area contributed by atoms with Crippen LogP contribution >= 0.6 is 11.6 Å². The normalized spacial score (nSPS) is 11.1. The molecule has 0 amide bonds. The Balaban J connectivity index is 2.07. The van der Waals surface area contributed by atoms with Crippen LogP contribution in [0.3, 0.4) is 0 Å². The second-order valence-corrected chi connectivity index (χ2v) is 6.00. The van der Waals surface area contributed by atoms with Crippen molar-refractivity contribution in [3.05, 3.63) is 73.4 Å². The molecule has 0 aliphatic heterocycles. The minimum absolute atomic E-state index is 0.0462. The number of hydrogen-bond donors (Lipinski definition) is 0. The van der Waals surface area contributed by atoms with Gasteiger partial charge in [0.25, 0.3) is 5.69 Å². The Morgan fingerprint density at radius 2 is 1.86 bits per heavy atom. The van der Waals surface area contributed by atoms with E-state index < -0.39 is 45.9 Å². The van der Waals surface area contributed by atoms with Crippen LogP contribution in [0.25, 0.3) is 5.69 Å². The van der Waals surface area contributed by atoms with Gasteiger partial charge >= 0.3 is 12.2 Å². The lowest BCUT2D eigenvalue weighted by Crippen LogP contribution is -2.25. The van der Waals surface area contributed by atoms with Crippen LogP contribution < -0.4 is 10.4 Å². The molecule has 3 aromatic rings. The standard InChI is InChI=1S/C16H9ClF4N4O4/c1-7-22-24(16(26)23(7)15(20)21)12-6-14(9(17)5-10(12)18)29-13-3-2-8(25(27)28)4-11(13)19/h2-6,15H,1H3. The van der Waals surface area contributed by atoms with E-state index in [-0.39, 0.29) is 21.2 Å². The summed E-state index contributed by atoms with van der Waals surface area (Å²) in [6.45, 7) is -2.07. The van der Waals surface area contributed by atoms with Crippen LogP contribution in [0.2, 0.25) is 5.02 Å². The van der Waals surface area contributed by atoms with Gasteiger partial charge in [0.05, 0.1) is 16.0 Å². The van der Waals surface area contributed by atoms with Gasteiger partial charge in [-0.1, -0.05) is 11.6 Å². The number of alkyl halides is 2. The third-order valence-electron chi connectivity index (χ3n) is 3.75. The average Bonchev–Trinajstić information content (AvgIpc) is 2.92. The third kappa shape index (κ3) is 3.78. The molecule has 0 fully saturated rings. The summed E-state index contributed by atoms with van der Waals surface area (Å²) in [5.74, 6) is -3.37. The molecule has 8 nitrogen and oxygen atoms in total. The minimum atomic E-state index is -3.20. The van der Waals surface area contributed by atoms with Crippen LogP contribution in [0.15, 0.2) is 35.1 Å². The smallest absolute Gasteiger partial charge is 0.355 e. The van der Waals surface area contributed by atoms with Crippen LogP contribution in [0.1, 0.15) is 12.4 Å². The van der Waals surface area contributed by atoms with E-state index in [4.69, 9.17) is 16.3 Å². The first-order valence-electron chi connectivity index (χ1n) is 7.67. The molecule has 0 unspecified atom stereocenters. The van der Waals surface area contributed by atoms with Gasteiger partial charge in [0.1, 0.15) is 17.3 Å². The maximum absolute atomic E-state index is 14.3. The molecule has 0 radical (unpaired) electrons. The average molecular weight is 433 g/mol. The topological polar surface area (TPSA) is 92.2 Å². The summed E-state index contributed by atoms with van der Waals surface area (Å²) in [5, 5.41) is 13.9. The Morgan fingerprint density at radius 3 is 2.41 bits per heavy atom. The van der Waals surface area contributed by atoms with Gasteiger partial charge in [-0.2, -0.15) is 13.5 Å². The van der Waals surface area contributed by atoms with Gasteiger partial charge in [-0.25, -0.2) is 18.1 Å². The molecule has 1 heterocycles. The first-order valence-corrected chi connectivity index (χ1v) is 8.05. The molecule has 152 valence electrons. The Hall–Kier alpha value is -3.41. The van der Waals surface area contributed by atoms with Crippen LogP contribution in [0.5, 0.6) is 11.5 Å². The van der Waals surface area contributed by atoms with E-state index in [2.05, 4.69) is 5.10 Å². The number of aromatic nitrogens is 3. The predicted octanol–water partition coefficient (Wildman–Crippen LogP) is 4.37. The van der Waals surface area contributed by atoms with E-state index in [1.54, 1.807) is 0 Å². The number of nitro benzene ring substituents is 1. The number of non-ortho nitro benzene ring substituents is 1. The fraction of sp³-hybridized carbons (Fsp3) is 0.125. The van der Waals surface area contributed by atoms with E-state index >= 15 is 0 Å². The van der Waals surface area contributed by atoms with E-state index in [0.717, 1.165) is 31.2 Å². The third-order valence-corrected chi connectivity index (χ3v) is 4.05. The lowest BCUT2D eigenvalue weighted by Gasteiger charge is -2.11. The quantitative estimate of drug-likeness (QED) is 0.339. The zero-order chi connectivity index (χ0) is 21.5. The highest BCUT2D eigenvalue weighted by atomic mass is 35.5. The second kappa shape index (κ2) is 7.54. The van der Waals surface area contributed by atoms with Crippen molar-refractivity contribution in [2.75, 3.05) is 0 Å². The maximum atomic E-state index is 14.3. The maximum Gasteiger partial charge on any atom is 0.355 e. The van der Waals surface area contributed by atoms with E-state index in [9.17, 15) is 32.5 Å². The van der Waals surface area contributed by atoms with Gasteiger partial charge in [-0.05, 0) is 19.1 Å². The first kappa shape index (κ1) is 20.3. The van der Waals surface area contributed by atoms with Crippen molar-refractivity contribution in [2.24, 2.45) is 0 Å². The van der Waals surface area contributed by atoms with Crippen molar-refractivity contribution in [3.63, 3.8) is 0 Å². The van der Waals surface area contributed by atoms with Crippen LogP contribution in [-0.4, -0.2) is 19.3 Å². The summed E-state index contributed by atoms with van der Waals surface area (Å²) < 4.78 is 59.9. The molecule has 0 saturated heterocycles. The Kier molecular flexibility index (Phi) is 5.29. The summed E-state index contributed by atoms with van der Waals surface area (Å²) in [6.07, 6.45) is 0. The number of rotatable bonds is 5. The monoisotopic (exact) mass is 432 g/mol. The highest BCUT2D eigenvalue weighted by Crippen LogP contribution is 2.34. The second-order valence-electron chi connectivity index (χ2n) is 5.60. The minimum Gasteiger partial charge on any atom is -0.453 e. The molecule has 0 spiro atoms. The lowest BCUT2D eigenvalue weighted by atomic mass is 10.2. The summed E-state index contributed by atoms with van der Waals surface area (Å²) in [4.78, 5) is 22.0. The molecular formula is C16H9ClF4N4O4. The molecule has 0 bridgehead atoms. The molecular weight excluding hydrogens is 424 g/mol. The van der Waals surface area contributed by atoms with Crippen molar-refractivity contribution in [1.29, 1.82) is 0 Å². The number of ether oxygens (including phenoxy) is 1. The number of nitro groups is 1. The van der Waals surface area contributed by atoms with Crippen molar-refractivity contribution < 1.29 is 27.2 Å². The molecule has 29 heavy (non-hydrogen) atoms. The van der Waals surface area contributed by atoms with E-state index in [1.807, 2.05) is 0 Å². The molecule has 0 N–H and O–H groups in total. The number of hydrogen-bond acceptors (Lipinski definition) is 5. The molecule has 13 heteroatoms. The fourth-order valence-corrected chi connectivity index (χ4v) is 2.61. The van der Waals surface area contributed by atoms with E-state index in [0.29, 0.717) is 10.7 Å². The molecule has 1 aromatic heterocycles. The van der Waals surface area contributed by atoms with Crippen LogP contribution in [-0.2, 0) is 0 Å². The SMILES string of the molecule is Cc1nn(-c2cc(Oc3ccc([N+](=O)[O-])cc3F)c(Cl)cc2F)c(=O)n1C(F)F. The summed E-state index contributed by atoms with van der Waals surface area (Å²) in [5.41, 5.74) is -2.41. The van der Waals surface area contributed by atoms with Crippen LogP contribution in [0, 0.1) is 28.7 Å². The highest BCUT2D eigenvalue weighted by molar-refractivity contribution is 6.32. The fourth-order valence-electron chi connectivity index (χ4n) is 2.42. The lowest BCUT2D eigenvalue weighted by molar-refractivity contribution is -0.385. The Morgan fingerprint density at radius 1 is 1.17 bits per heavy atom. The van der Waals surface area contributed by atoms with Gasteiger partial charge < -0.3 is 4.74 Å². The van der Waals surface area contributed by atoms with Crippen molar-refractivity contribution in [3.8, 4) is 17.2 Å². The summed E-state index contributed by atoms with van der Waals surface area (Å²) >= 11 is 5.87. The molecule has 0 aliphatic rings. The molecule has 0 atom stereocenters. The van der Waals surface area contributed by atoms with Crippen molar-refractivity contribution in [2.45, 2.75) is 13.5 Å². The summed E-state index contributed by atoms with van der Waals surface area (Å²) in [7, 11) is 0. The van der Waals surface area contributed by atoms with Crippen LogP contribution in [0.4, 0.5) is 23.2 Å². The first-order chi connectivity index (χ1) is 13.6. The van der Waals surface area contributed by atoms with E-state index in [1.165, 1.54) is 0 Å². The molecule has 0 saturated carbocycles. The van der Waals surface area contributed by atoms with Gasteiger partial charge in [-0.3, -0.25) is 10.1 Å². The Labute approximate surface area is 163 Å². The summed E-state index contributed by atoms with van der Waals surface area (Å²) in [6, 6.07) is 4.11. The van der Waals surface area contributed by atoms with Gasteiger partial charge in [0.2, 0.25) is 0 Å². The number of halogens is 5. The van der Waals surface area contributed by atoms with Gasteiger partial charge in [-0.15, -0.1) is 5.10 Å². The number of aryl methyl sites for hydroxylation is 1. The van der Waals surface area contributed by atoms with Crippen molar-refractivity contribution >= 4 is 17.3 Å². The predicted molar refractivity (Wildman–Crippen MR) is 91.9 cm³/mol. The largest absolute Gasteiger partial charge is 0.453 e. The number of benzene rings is 2. The molecule has 3 rings (SSSR count). The van der Waals surface area contributed by atoms with Gasteiger partial charge in [0, 0.05) is 12.1 Å². The van der Waals surface area contributed by atoms with Gasteiger partial charge in [0.15, 0.2) is 17.4 Å². The number of nitrogens with zero attached hydrogens (tertiary/aromatic N) is 4. The zero-order valence-corrected chi connectivity index (χ0v) is 15.0. The highest BCUT2D eigenvalue weighted by Gasteiger charge is 2.22. The zero-order valence-electron chi connectivity index (χ0n) is 14.3. The van der Waals surface area contributed by atoms with Crippen molar-refractivity contribution in [1.82, 2.24) is 14.3 Å². The molecule has 0 aliphatic carbocycles. The molecule has 2 aromatic carbocycles.